The van der Waals surface area contributed by atoms with Gasteiger partial charge in [-0.05, 0) is 61.6 Å². The Balaban J connectivity index is 1.69. The van der Waals surface area contributed by atoms with E-state index >= 15 is 0 Å². The van der Waals surface area contributed by atoms with Gasteiger partial charge in [-0.15, -0.1) is 4.99 Å². The van der Waals surface area contributed by atoms with Crippen molar-refractivity contribution in [2.75, 3.05) is 33.4 Å². The highest BCUT2D eigenvalue weighted by Crippen LogP contribution is 2.30. The number of nitrogens with zero attached hydrogens (tertiary/aromatic N) is 3. The number of benzene rings is 2. The fourth-order valence-corrected chi connectivity index (χ4v) is 5.43. The second-order valence-electron chi connectivity index (χ2n) is 9.04. The number of nitrogens with one attached hydrogen (secondary N) is 3. The van der Waals surface area contributed by atoms with E-state index in [4.69, 9.17) is 14.7 Å². The second-order valence-corrected chi connectivity index (χ2v) is 10.8. The molecule has 1 saturated heterocycles. The Morgan fingerprint density at radius 2 is 1.83 bits per heavy atom. The van der Waals surface area contributed by atoms with Gasteiger partial charge < -0.3 is 19.7 Å². The third kappa shape index (κ3) is 8.79. The van der Waals surface area contributed by atoms with Gasteiger partial charge in [0, 0.05) is 26.7 Å². The number of sulfonamides is 1. The Hall–Kier alpha value is -3.91. The Morgan fingerprint density at radius 3 is 2.39 bits per heavy atom. The van der Waals surface area contributed by atoms with Crippen LogP contribution in [-0.4, -0.2) is 69.8 Å². The summed E-state index contributed by atoms with van der Waals surface area (Å²) in [5, 5.41) is 21.2. The number of aliphatic imine (C=N–C) groups is 1. The zero-order chi connectivity index (χ0) is 30.0. The Bertz CT molecular complexity index is 1360. The van der Waals surface area contributed by atoms with Crippen LogP contribution in [0.5, 0.6) is 11.5 Å². The monoisotopic (exact) mass is 598 g/mol. The molecule has 222 valence electrons. The number of hydroxylamine groups is 1. The van der Waals surface area contributed by atoms with Crippen molar-refractivity contribution in [3.05, 3.63) is 53.8 Å². The molecule has 0 spiro atoms. The van der Waals surface area contributed by atoms with Gasteiger partial charge >= 0.3 is 0 Å². The average molecular weight is 599 g/mol. The predicted molar refractivity (Wildman–Crippen MR) is 139 cm³/mol. The van der Waals surface area contributed by atoms with Gasteiger partial charge in [0.2, 0.25) is 22.2 Å². The predicted octanol–water partition coefficient (Wildman–Crippen LogP) is 2.22. The third-order valence-corrected chi connectivity index (χ3v) is 7.72. The highest BCUT2D eigenvalue weighted by atomic mass is 32.2. The van der Waals surface area contributed by atoms with E-state index in [2.05, 4.69) is 15.0 Å². The molecule has 4 N–H and O–H groups in total. The molecule has 0 bridgehead atoms. The molecule has 16 heteroatoms. The second kappa shape index (κ2) is 14.6. The molecule has 1 aliphatic rings. The lowest BCUT2D eigenvalue weighted by atomic mass is 9.90. The number of carbonyl (C=O) groups excluding carboxylic acids is 1. The molecule has 0 aromatic heterocycles. The Labute approximate surface area is 234 Å². The van der Waals surface area contributed by atoms with Gasteiger partial charge in [-0.25, -0.2) is 27.1 Å². The van der Waals surface area contributed by atoms with E-state index in [9.17, 15) is 31.6 Å². The number of hydrogen-bond donors (Lipinski definition) is 4. The molecule has 0 radical (unpaired) electrons. The molecule has 0 saturated carbocycles. The number of guanidine groups is 1. The summed E-state index contributed by atoms with van der Waals surface area (Å²) < 4.78 is 80.6. The normalized spacial score (nSPS) is 15.2. The minimum Gasteiger partial charge on any atom is -0.451 e. The summed E-state index contributed by atoms with van der Waals surface area (Å²) in [6.07, 6.45) is 2.69. The summed E-state index contributed by atoms with van der Waals surface area (Å²) in [5.41, 5.74) is 1.42. The van der Waals surface area contributed by atoms with E-state index < -0.39 is 50.1 Å². The maximum atomic E-state index is 14.7. The van der Waals surface area contributed by atoms with Crippen molar-refractivity contribution in [2.24, 2.45) is 10.9 Å². The van der Waals surface area contributed by atoms with Crippen LogP contribution < -0.4 is 20.3 Å². The molecule has 2 aromatic carbocycles. The van der Waals surface area contributed by atoms with Crippen molar-refractivity contribution >= 4 is 21.9 Å². The number of piperidine rings is 1. The summed E-state index contributed by atoms with van der Waals surface area (Å²) in [5.74, 6) is -5.14. The Kier molecular flexibility index (Phi) is 11.3. The molecule has 1 aliphatic heterocycles. The number of amides is 1. The third-order valence-electron chi connectivity index (χ3n) is 6.27. The molecule has 41 heavy (non-hydrogen) atoms. The molecule has 1 fully saturated rings. The largest absolute Gasteiger partial charge is 0.451 e. The average Bonchev–Trinajstić information content (AvgIpc) is 2.95. The molecule has 2 aromatic rings. The molecular weight excluding hydrogens is 569 g/mol. The van der Waals surface area contributed by atoms with Gasteiger partial charge in [0.25, 0.3) is 5.91 Å². The van der Waals surface area contributed by atoms with Crippen LogP contribution in [0.4, 0.5) is 13.2 Å². The molecule has 1 amide bonds. The maximum absolute atomic E-state index is 14.7. The summed E-state index contributed by atoms with van der Waals surface area (Å²) in [6.45, 7) is 1.71. The van der Waals surface area contributed by atoms with Crippen molar-refractivity contribution in [1.29, 1.82) is 5.26 Å². The SMILES string of the molecule is COCCN/C(=N\C#N)N1CCC(C[C@H](NS(=O)(=O)c2cc(F)c(Oc3ccc(F)cc3)c(F)c2)C(=O)NO)CC1. The fraction of sp³-hybridized carbons (Fsp3) is 0.400. The number of likely N-dealkylation sites (tertiary alicyclic amines) is 1. The number of nitriles is 1. The van der Waals surface area contributed by atoms with Gasteiger partial charge in [0.05, 0.1) is 11.5 Å². The first-order valence-electron chi connectivity index (χ1n) is 12.4. The van der Waals surface area contributed by atoms with E-state index in [0.29, 0.717) is 57.2 Å². The van der Waals surface area contributed by atoms with Crippen LogP contribution in [0.1, 0.15) is 19.3 Å². The van der Waals surface area contributed by atoms with Gasteiger partial charge in [-0.3, -0.25) is 10.0 Å². The van der Waals surface area contributed by atoms with Gasteiger partial charge in [0.15, 0.2) is 17.4 Å². The fourth-order valence-electron chi connectivity index (χ4n) is 4.20. The quantitative estimate of drug-likeness (QED) is 0.0758. The van der Waals surface area contributed by atoms with Crippen molar-refractivity contribution in [2.45, 2.75) is 30.2 Å². The van der Waals surface area contributed by atoms with Crippen LogP contribution in [0.15, 0.2) is 46.3 Å². The zero-order valence-electron chi connectivity index (χ0n) is 21.9. The van der Waals surface area contributed by atoms with Crippen LogP contribution in [0.2, 0.25) is 0 Å². The Morgan fingerprint density at radius 1 is 1.20 bits per heavy atom. The van der Waals surface area contributed by atoms with Crippen LogP contribution in [0.3, 0.4) is 0 Å². The molecular formula is C25H29F3N6O6S. The smallest absolute Gasteiger partial charge is 0.261 e. The lowest BCUT2D eigenvalue weighted by Crippen LogP contribution is -2.49. The summed E-state index contributed by atoms with van der Waals surface area (Å²) in [4.78, 5) is 17.1. The van der Waals surface area contributed by atoms with Crippen LogP contribution in [0.25, 0.3) is 0 Å². The lowest BCUT2D eigenvalue weighted by molar-refractivity contribution is -0.131. The van der Waals surface area contributed by atoms with E-state index in [-0.39, 0.29) is 18.1 Å². The van der Waals surface area contributed by atoms with Crippen LogP contribution in [-0.2, 0) is 19.6 Å². The summed E-state index contributed by atoms with van der Waals surface area (Å²) >= 11 is 0. The number of halogens is 3. The van der Waals surface area contributed by atoms with Gasteiger partial charge in [0.1, 0.15) is 17.6 Å². The molecule has 1 atom stereocenters. The van der Waals surface area contributed by atoms with E-state index in [1.165, 1.54) is 12.6 Å². The number of carbonyl (C=O) groups is 1. The first kappa shape index (κ1) is 31.6. The van der Waals surface area contributed by atoms with Gasteiger partial charge in [-0.2, -0.15) is 9.98 Å². The lowest BCUT2D eigenvalue weighted by Gasteiger charge is -2.35. The van der Waals surface area contributed by atoms with Crippen molar-refractivity contribution in [3.8, 4) is 17.7 Å². The molecule has 0 unspecified atom stereocenters. The number of rotatable bonds is 11. The molecule has 0 aliphatic carbocycles. The highest BCUT2D eigenvalue weighted by molar-refractivity contribution is 7.89. The van der Waals surface area contributed by atoms with E-state index in [0.717, 1.165) is 24.3 Å². The number of methoxy groups -OCH3 is 1. The van der Waals surface area contributed by atoms with Crippen LogP contribution in [0, 0.1) is 34.8 Å². The summed E-state index contributed by atoms with van der Waals surface area (Å²) in [6, 6.07) is 3.88. The minimum absolute atomic E-state index is 0.0297. The molecule has 1 heterocycles. The van der Waals surface area contributed by atoms with Crippen molar-refractivity contribution < 1.29 is 41.1 Å². The molecule has 12 nitrogen and oxygen atoms in total. The van der Waals surface area contributed by atoms with E-state index in [1.807, 2.05) is 4.90 Å². The number of hydrogen-bond acceptors (Lipinski definition) is 8. The first-order chi connectivity index (χ1) is 19.6. The maximum Gasteiger partial charge on any atom is 0.261 e. The molecule has 3 rings (SSSR count). The van der Waals surface area contributed by atoms with Crippen molar-refractivity contribution in [1.82, 2.24) is 20.4 Å². The van der Waals surface area contributed by atoms with Gasteiger partial charge in [-0.1, -0.05) is 0 Å². The minimum atomic E-state index is -4.64. The van der Waals surface area contributed by atoms with Crippen molar-refractivity contribution in [3.63, 3.8) is 0 Å². The summed E-state index contributed by atoms with van der Waals surface area (Å²) in [7, 11) is -3.11. The number of ether oxygens (including phenoxy) is 2. The van der Waals surface area contributed by atoms with Crippen LogP contribution >= 0.6 is 0 Å². The highest BCUT2D eigenvalue weighted by Gasteiger charge is 2.32. The topological polar surface area (TPSA) is 165 Å². The zero-order valence-corrected chi connectivity index (χ0v) is 22.8. The first-order valence-corrected chi connectivity index (χ1v) is 13.9. The van der Waals surface area contributed by atoms with E-state index in [1.54, 1.807) is 6.19 Å². The standard InChI is InChI=1S/C25H29F3N6O6S/c1-39-11-8-30-25(31-15-29)34-9-6-16(7-10-34)12-22(24(35)32-36)33-41(37,38)19-13-20(27)23(21(28)14-19)40-18-4-2-17(26)3-5-18/h2-5,13-14,16,22,33,36H,6-12H2,1H3,(H,30,31)(H,32,35)/t22-/m0/s1.